The number of rotatable bonds is 3. The molecule has 0 saturated carbocycles. The molecule has 1 rings (SSSR count). The van der Waals surface area contributed by atoms with Crippen molar-refractivity contribution in [2.24, 2.45) is 5.11 Å². The van der Waals surface area contributed by atoms with E-state index in [9.17, 15) is 4.79 Å². The summed E-state index contributed by atoms with van der Waals surface area (Å²) in [4.78, 5) is 11.0. The fraction of sp³-hybridized carbons (Fsp3) is 0.222. The van der Waals surface area contributed by atoms with E-state index in [1.807, 2.05) is 0 Å². The molecule has 1 aromatic carbocycles. The molecule has 1 aromatic rings. The second-order valence-electron chi connectivity index (χ2n) is 2.50. The minimum absolute atomic E-state index is 0.349. The van der Waals surface area contributed by atoms with Crippen molar-refractivity contribution >= 4 is 5.97 Å². The molecule has 0 heterocycles. The highest BCUT2D eigenvalue weighted by Gasteiger charge is 2.03. The van der Waals surface area contributed by atoms with E-state index in [1.165, 1.54) is 7.11 Å². The standard InChI is InChI=1S/C9H10N2O2/c1-13-9(12)8-4-2-7(3-5-8)6-11-10/h2-5,10H,6H2,1H3. The van der Waals surface area contributed by atoms with Gasteiger partial charge in [-0.15, -0.1) is 0 Å². The van der Waals surface area contributed by atoms with Gasteiger partial charge in [-0.1, -0.05) is 12.1 Å². The Labute approximate surface area is 76.0 Å². The zero-order valence-electron chi connectivity index (χ0n) is 7.28. The fourth-order valence-electron chi connectivity index (χ4n) is 0.955. The topological polar surface area (TPSA) is 62.5 Å². The van der Waals surface area contributed by atoms with Gasteiger partial charge in [0.25, 0.3) is 0 Å². The summed E-state index contributed by atoms with van der Waals surface area (Å²) in [6.07, 6.45) is 0. The normalized spacial score (nSPS) is 9.31. The molecule has 0 bridgehead atoms. The highest BCUT2D eigenvalue weighted by molar-refractivity contribution is 5.89. The predicted octanol–water partition coefficient (Wildman–Crippen LogP) is 2.00. The fourth-order valence-corrected chi connectivity index (χ4v) is 0.955. The summed E-state index contributed by atoms with van der Waals surface area (Å²) >= 11 is 0. The average Bonchev–Trinajstić information content (AvgIpc) is 2.18. The van der Waals surface area contributed by atoms with Crippen molar-refractivity contribution in [3.63, 3.8) is 0 Å². The molecule has 0 aliphatic heterocycles. The molecule has 0 unspecified atom stereocenters. The lowest BCUT2D eigenvalue weighted by atomic mass is 10.1. The maximum Gasteiger partial charge on any atom is 0.337 e. The molecule has 0 amide bonds. The first-order chi connectivity index (χ1) is 6.27. The van der Waals surface area contributed by atoms with Crippen molar-refractivity contribution in [2.75, 3.05) is 7.11 Å². The molecule has 1 N–H and O–H groups in total. The van der Waals surface area contributed by atoms with Gasteiger partial charge in [0.1, 0.15) is 0 Å². The maximum atomic E-state index is 11.0. The molecule has 0 radical (unpaired) electrons. The van der Waals surface area contributed by atoms with E-state index in [-0.39, 0.29) is 5.97 Å². The zero-order chi connectivity index (χ0) is 9.68. The van der Waals surface area contributed by atoms with Gasteiger partial charge in [-0.05, 0) is 17.7 Å². The summed E-state index contributed by atoms with van der Waals surface area (Å²) in [5.74, 6) is -0.352. The lowest BCUT2D eigenvalue weighted by molar-refractivity contribution is 0.0600. The molecular formula is C9H10N2O2. The van der Waals surface area contributed by atoms with Crippen LogP contribution < -0.4 is 0 Å². The molecule has 0 aliphatic carbocycles. The minimum atomic E-state index is -0.352. The summed E-state index contributed by atoms with van der Waals surface area (Å²) in [6.45, 7) is 0.349. The van der Waals surface area contributed by atoms with E-state index in [4.69, 9.17) is 5.53 Å². The second-order valence-corrected chi connectivity index (χ2v) is 2.50. The second kappa shape index (κ2) is 4.35. The average molecular weight is 178 g/mol. The van der Waals surface area contributed by atoms with E-state index in [2.05, 4.69) is 9.85 Å². The number of hydrogen-bond acceptors (Lipinski definition) is 4. The van der Waals surface area contributed by atoms with Crippen LogP contribution in [0.25, 0.3) is 0 Å². The minimum Gasteiger partial charge on any atom is -0.465 e. The van der Waals surface area contributed by atoms with Crippen LogP contribution in [0.1, 0.15) is 15.9 Å². The van der Waals surface area contributed by atoms with Crippen molar-refractivity contribution in [1.82, 2.24) is 0 Å². The van der Waals surface area contributed by atoms with Gasteiger partial charge < -0.3 is 4.74 Å². The number of hydrogen-bond donors (Lipinski definition) is 1. The summed E-state index contributed by atoms with van der Waals surface area (Å²) in [7, 11) is 1.34. The van der Waals surface area contributed by atoms with Crippen LogP contribution in [0.2, 0.25) is 0 Å². The smallest absolute Gasteiger partial charge is 0.337 e. The number of nitrogens with one attached hydrogen (secondary N) is 1. The van der Waals surface area contributed by atoms with Crippen LogP contribution in [0.4, 0.5) is 0 Å². The van der Waals surface area contributed by atoms with Gasteiger partial charge in [-0.3, -0.25) is 0 Å². The molecule has 68 valence electrons. The van der Waals surface area contributed by atoms with Crippen LogP contribution in [0, 0.1) is 5.53 Å². The van der Waals surface area contributed by atoms with E-state index in [1.54, 1.807) is 24.3 Å². The number of methoxy groups -OCH3 is 1. The molecule has 0 aromatic heterocycles. The van der Waals surface area contributed by atoms with E-state index >= 15 is 0 Å². The van der Waals surface area contributed by atoms with E-state index in [0.717, 1.165) is 5.56 Å². The Bertz CT molecular complexity index is 306. The van der Waals surface area contributed by atoms with Crippen molar-refractivity contribution in [2.45, 2.75) is 6.54 Å². The van der Waals surface area contributed by atoms with Crippen molar-refractivity contribution in [1.29, 1.82) is 5.53 Å². The molecule has 0 atom stereocenters. The van der Waals surface area contributed by atoms with Crippen LogP contribution in [0.15, 0.2) is 29.4 Å². The molecule has 13 heavy (non-hydrogen) atoms. The summed E-state index contributed by atoms with van der Waals surface area (Å²) in [5.41, 5.74) is 8.06. The Morgan fingerprint density at radius 1 is 1.46 bits per heavy atom. The molecule has 0 fully saturated rings. The first-order valence-electron chi connectivity index (χ1n) is 3.78. The third-order valence-electron chi connectivity index (χ3n) is 1.64. The van der Waals surface area contributed by atoms with E-state index < -0.39 is 0 Å². The van der Waals surface area contributed by atoms with Crippen molar-refractivity contribution in [3.05, 3.63) is 35.4 Å². The molecule has 4 heteroatoms. The van der Waals surface area contributed by atoms with Gasteiger partial charge in [-0.2, -0.15) is 5.11 Å². The summed E-state index contributed by atoms with van der Waals surface area (Å²) in [6, 6.07) is 6.83. The van der Waals surface area contributed by atoms with Crippen LogP contribution in [-0.4, -0.2) is 13.1 Å². The van der Waals surface area contributed by atoms with Crippen molar-refractivity contribution < 1.29 is 9.53 Å². The number of nitrogens with zero attached hydrogens (tertiary/aromatic N) is 1. The monoisotopic (exact) mass is 178 g/mol. The quantitative estimate of drug-likeness (QED) is 0.568. The third kappa shape index (κ3) is 2.37. The number of ether oxygens (including phenoxy) is 1. The molecule has 0 saturated heterocycles. The Hall–Kier alpha value is -1.71. The van der Waals surface area contributed by atoms with Crippen molar-refractivity contribution in [3.8, 4) is 0 Å². The molecule has 0 spiro atoms. The van der Waals surface area contributed by atoms with Gasteiger partial charge in [0.15, 0.2) is 0 Å². The highest BCUT2D eigenvalue weighted by Crippen LogP contribution is 2.06. The lowest BCUT2D eigenvalue weighted by Crippen LogP contribution is -2.00. The SMILES string of the molecule is COC(=O)c1ccc(CN=N)cc1. The number of benzene rings is 1. The zero-order valence-corrected chi connectivity index (χ0v) is 7.28. The first kappa shape index (κ1) is 9.38. The number of carbonyl (C=O) groups is 1. The van der Waals surface area contributed by atoms with Gasteiger partial charge in [0, 0.05) is 0 Å². The first-order valence-corrected chi connectivity index (χ1v) is 3.78. The van der Waals surface area contributed by atoms with E-state index in [0.29, 0.717) is 12.1 Å². The van der Waals surface area contributed by atoms with Gasteiger partial charge in [0.2, 0.25) is 0 Å². The Morgan fingerprint density at radius 2 is 2.08 bits per heavy atom. The number of esters is 1. The Kier molecular flexibility index (Phi) is 3.14. The highest BCUT2D eigenvalue weighted by atomic mass is 16.5. The summed E-state index contributed by atoms with van der Waals surface area (Å²) < 4.78 is 4.54. The Morgan fingerprint density at radius 3 is 2.54 bits per heavy atom. The van der Waals surface area contributed by atoms with Gasteiger partial charge in [0.05, 0.1) is 19.2 Å². The lowest BCUT2D eigenvalue weighted by Gasteiger charge is -1.99. The molecule has 4 nitrogen and oxygen atoms in total. The van der Waals surface area contributed by atoms with Crippen LogP contribution in [0.5, 0.6) is 0 Å². The largest absolute Gasteiger partial charge is 0.465 e. The van der Waals surface area contributed by atoms with Crippen LogP contribution in [0.3, 0.4) is 0 Å². The maximum absolute atomic E-state index is 11.0. The predicted molar refractivity (Wildman–Crippen MR) is 46.6 cm³/mol. The third-order valence-corrected chi connectivity index (χ3v) is 1.64. The van der Waals surface area contributed by atoms with Crippen LogP contribution in [-0.2, 0) is 11.3 Å². The Balaban J connectivity index is 2.80. The number of carbonyl (C=O) groups excluding carboxylic acids is 1. The summed E-state index contributed by atoms with van der Waals surface area (Å²) in [5, 5.41) is 3.23. The van der Waals surface area contributed by atoms with Gasteiger partial charge in [-0.25, -0.2) is 10.3 Å². The molecular weight excluding hydrogens is 168 g/mol. The van der Waals surface area contributed by atoms with Crippen LogP contribution >= 0.6 is 0 Å². The molecule has 0 aliphatic rings. The van der Waals surface area contributed by atoms with Gasteiger partial charge >= 0.3 is 5.97 Å².